The molecule has 0 spiro atoms. The molecule has 1 aliphatic heterocycles. The van der Waals surface area contributed by atoms with Crippen molar-refractivity contribution in [1.82, 2.24) is 10.3 Å². The lowest BCUT2D eigenvalue weighted by Crippen LogP contribution is -2.37. The number of rotatable bonds is 0. The van der Waals surface area contributed by atoms with E-state index in [2.05, 4.69) is 55.3 Å². The Balaban J connectivity index is 2.21. The molecule has 0 unspecified atom stereocenters. The number of benzene rings is 1. The van der Waals surface area contributed by atoms with E-state index in [9.17, 15) is 0 Å². The normalized spacial score (nSPS) is 20.5. The summed E-state index contributed by atoms with van der Waals surface area (Å²) < 4.78 is 0. The van der Waals surface area contributed by atoms with Crippen molar-refractivity contribution >= 4 is 10.9 Å². The van der Waals surface area contributed by atoms with Crippen molar-refractivity contribution in [3.8, 4) is 0 Å². The first-order valence-electron chi connectivity index (χ1n) is 6.40. The summed E-state index contributed by atoms with van der Waals surface area (Å²) in [6.07, 6.45) is 1.13. The van der Waals surface area contributed by atoms with Crippen molar-refractivity contribution in [2.24, 2.45) is 5.41 Å². The monoisotopic (exact) mass is 228 g/mol. The second-order valence-corrected chi connectivity index (χ2v) is 6.07. The van der Waals surface area contributed by atoms with Crippen LogP contribution in [0.4, 0.5) is 0 Å². The fourth-order valence-corrected chi connectivity index (χ4v) is 2.92. The summed E-state index contributed by atoms with van der Waals surface area (Å²) in [5.74, 6) is 0. The molecule has 0 radical (unpaired) electrons. The van der Waals surface area contributed by atoms with Crippen molar-refractivity contribution in [3.63, 3.8) is 0 Å². The molecule has 17 heavy (non-hydrogen) atoms. The molecule has 90 valence electrons. The van der Waals surface area contributed by atoms with Crippen LogP contribution in [0.1, 0.15) is 38.1 Å². The van der Waals surface area contributed by atoms with Crippen molar-refractivity contribution in [2.75, 3.05) is 6.54 Å². The van der Waals surface area contributed by atoms with Crippen LogP contribution in [0.15, 0.2) is 24.3 Å². The molecule has 2 aromatic rings. The van der Waals surface area contributed by atoms with E-state index in [-0.39, 0.29) is 5.41 Å². The van der Waals surface area contributed by atoms with Gasteiger partial charge in [0.25, 0.3) is 0 Å². The van der Waals surface area contributed by atoms with Gasteiger partial charge in [-0.3, -0.25) is 0 Å². The van der Waals surface area contributed by atoms with Gasteiger partial charge in [0.05, 0.1) is 6.04 Å². The average molecular weight is 228 g/mol. The first-order chi connectivity index (χ1) is 8.07. The van der Waals surface area contributed by atoms with Crippen molar-refractivity contribution in [3.05, 3.63) is 35.5 Å². The zero-order chi connectivity index (χ0) is 12.0. The summed E-state index contributed by atoms with van der Waals surface area (Å²) in [5.41, 5.74) is 4.43. The van der Waals surface area contributed by atoms with Gasteiger partial charge in [-0.2, -0.15) is 0 Å². The van der Waals surface area contributed by atoms with Crippen molar-refractivity contribution in [2.45, 2.75) is 33.2 Å². The zero-order valence-corrected chi connectivity index (χ0v) is 10.8. The van der Waals surface area contributed by atoms with Gasteiger partial charge < -0.3 is 10.3 Å². The number of para-hydroxylation sites is 1. The Morgan fingerprint density at radius 1 is 1.18 bits per heavy atom. The Morgan fingerprint density at radius 3 is 2.71 bits per heavy atom. The number of hydrogen-bond donors (Lipinski definition) is 2. The van der Waals surface area contributed by atoms with Gasteiger partial charge in [0.15, 0.2) is 0 Å². The summed E-state index contributed by atoms with van der Waals surface area (Å²) in [5, 5.41) is 5.05. The summed E-state index contributed by atoms with van der Waals surface area (Å²) in [6, 6.07) is 9.07. The number of fused-ring (bicyclic) bond motifs is 3. The van der Waals surface area contributed by atoms with Gasteiger partial charge in [0, 0.05) is 16.6 Å². The predicted molar refractivity (Wildman–Crippen MR) is 72.2 cm³/mol. The minimum absolute atomic E-state index is 0.246. The van der Waals surface area contributed by atoms with E-state index < -0.39 is 0 Å². The van der Waals surface area contributed by atoms with E-state index >= 15 is 0 Å². The molecule has 1 aromatic heterocycles. The molecule has 3 rings (SSSR count). The van der Waals surface area contributed by atoms with Crippen LogP contribution < -0.4 is 5.32 Å². The van der Waals surface area contributed by atoms with Crippen molar-refractivity contribution in [1.29, 1.82) is 0 Å². The Morgan fingerprint density at radius 2 is 1.94 bits per heavy atom. The van der Waals surface area contributed by atoms with Crippen LogP contribution in [0, 0.1) is 5.41 Å². The first kappa shape index (κ1) is 10.8. The minimum Gasteiger partial charge on any atom is -0.357 e. The van der Waals surface area contributed by atoms with E-state index in [0.717, 1.165) is 13.0 Å². The summed E-state index contributed by atoms with van der Waals surface area (Å²) in [7, 11) is 0. The lowest BCUT2D eigenvalue weighted by atomic mass is 9.81. The second kappa shape index (κ2) is 3.61. The number of nitrogens with one attached hydrogen (secondary N) is 2. The molecule has 0 aliphatic carbocycles. The van der Waals surface area contributed by atoms with Gasteiger partial charge in [-0.25, -0.2) is 0 Å². The van der Waals surface area contributed by atoms with Crippen LogP contribution in [0.3, 0.4) is 0 Å². The molecule has 0 bridgehead atoms. The lowest BCUT2D eigenvalue weighted by molar-refractivity contribution is 0.259. The van der Waals surface area contributed by atoms with Gasteiger partial charge in [-0.1, -0.05) is 39.0 Å². The Hall–Kier alpha value is -1.28. The van der Waals surface area contributed by atoms with E-state index in [1.807, 2.05) is 0 Å². The highest BCUT2D eigenvalue weighted by atomic mass is 15.0. The Labute approximate surface area is 102 Å². The molecule has 2 heteroatoms. The molecule has 2 heterocycles. The van der Waals surface area contributed by atoms with Crippen LogP contribution in [-0.2, 0) is 6.42 Å². The summed E-state index contributed by atoms with van der Waals surface area (Å²) >= 11 is 0. The third-order valence-corrected chi connectivity index (χ3v) is 3.72. The molecular weight excluding hydrogens is 208 g/mol. The van der Waals surface area contributed by atoms with Crippen LogP contribution in [0.5, 0.6) is 0 Å². The van der Waals surface area contributed by atoms with Crippen molar-refractivity contribution < 1.29 is 0 Å². The smallest absolute Gasteiger partial charge is 0.0525 e. The summed E-state index contributed by atoms with van der Waals surface area (Å²) in [4.78, 5) is 3.61. The predicted octanol–water partition coefficient (Wildman–Crippen LogP) is 3.40. The molecule has 1 aromatic carbocycles. The largest absolute Gasteiger partial charge is 0.357 e. The number of aromatic nitrogens is 1. The third-order valence-electron chi connectivity index (χ3n) is 3.72. The fraction of sp³-hybridized carbons (Fsp3) is 0.467. The summed E-state index contributed by atoms with van der Waals surface area (Å²) in [6.45, 7) is 7.97. The van der Waals surface area contributed by atoms with E-state index in [0.29, 0.717) is 6.04 Å². The molecule has 0 saturated carbocycles. The zero-order valence-electron chi connectivity index (χ0n) is 10.8. The van der Waals surface area contributed by atoms with E-state index in [1.54, 1.807) is 0 Å². The Kier molecular flexibility index (Phi) is 2.30. The van der Waals surface area contributed by atoms with Gasteiger partial charge in [-0.15, -0.1) is 0 Å². The molecule has 2 N–H and O–H groups in total. The van der Waals surface area contributed by atoms with Gasteiger partial charge in [-0.05, 0) is 30.0 Å². The maximum absolute atomic E-state index is 3.64. The first-order valence-corrected chi connectivity index (χ1v) is 6.40. The highest BCUT2D eigenvalue weighted by molar-refractivity contribution is 5.85. The molecular formula is C15H20N2. The van der Waals surface area contributed by atoms with Gasteiger partial charge >= 0.3 is 0 Å². The standard InChI is InChI=1S/C15H20N2/c1-15(2,3)14-13-11(8-9-16-14)10-6-4-5-7-12(10)17-13/h4-7,14,16-17H,8-9H2,1-3H3/t14-/m1/s1. The molecule has 0 amide bonds. The van der Waals surface area contributed by atoms with Crippen LogP contribution in [0.2, 0.25) is 0 Å². The van der Waals surface area contributed by atoms with Crippen LogP contribution in [0.25, 0.3) is 10.9 Å². The maximum atomic E-state index is 3.64. The molecule has 0 fully saturated rings. The Bertz CT molecular complexity index is 546. The number of hydrogen-bond acceptors (Lipinski definition) is 1. The lowest BCUT2D eigenvalue weighted by Gasteiger charge is -2.35. The minimum atomic E-state index is 0.246. The van der Waals surface area contributed by atoms with Gasteiger partial charge in [0.2, 0.25) is 0 Å². The second-order valence-electron chi connectivity index (χ2n) is 6.07. The molecule has 1 atom stereocenters. The van der Waals surface area contributed by atoms with E-state index in [1.165, 1.54) is 22.2 Å². The molecule has 0 saturated heterocycles. The number of aromatic amines is 1. The average Bonchev–Trinajstić information content (AvgIpc) is 2.65. The highest BCUT2D eigenvalue weighted by Gasteiger charge is 2.32. The number of H-pyrrole nitrogens is 1. The maximum Gasteiger partial charge on any atom is 0.0525 e. The SMILES string of the molecule is CC(C)(C)[C@@H]1NCCc2c1[nH]c1ccccc21. The van der Waals surface area contributed by atoms with E-state index in [4.69, 9.17) is 0 Å². The third kappa shape index (κ3) is 1.67. The quantitative estimate of drug-likeness (QED) is 0.710. The molecule has 1 aliphatic rings. The highest BCUT2D eigenvalue weighted by Crippen LogP contribution is 2.38. The van der Waals surface area contributed by atoms with Crippen LogP contribution in [-0.4, -0.2) is 11.5 Å². The van der Waals surface area contributed by atoms with Crippen LogP contribution >= 0.6 is 0 Å². The van der Waals surface area contributed by atoms with Gasteiger partial charge in [0.1, 0.15) is 0 Å². The topological polar surface area (TPSA) is 27.8 Å². The molecule has 2 nitrogen and oxygen atoms in total. The fourth-order valence-electron chi connectivity index (χ4n) is 2.92.